The molecule has 0 aromatic heterocycles. The minimum atomic E-state index is -1.31. The van der Waals surface area contributed by atoms with Crippen LogP contribution in [0.15, 0.2) is 12.2 Å². The fourth-order valence-corrected chi connectivity index (χ4v) is 2.58. The van der Waals surface area contributed by atoms with Gasteiger partial charge in [0.05, 0.1) is 0 Å². The molecule has 1 aliphatic rings. The molecule has 3 unspecified atom stereocenters. The predicted molar refractivity (Wildman–Crippen MR) is 83.4 cm³/mol. The third-order valence-electron chi connectivity index (χ3n) is 3.52. The Morgan fingerprint density at radius 1 is 1.35 bits per heavy atom. The van der Waals surface area contributed by atoms with Crippen LogP contribution >= 0.6 is 0 Å². The van der Waals surface area contributed by atoms with E-state index in [4.69, 9.17) is 14.2 Å². The number of ether oxygens (including phenoxy) is 3. The summed E-state index contributed by atoms with van der Waals surface area (Å²) in [5.41, 5.74) is -1.64. The van der Waals surface area contributed by atoms with E-state index in [0.717, 1.165) is 0 Å². The largest absolute Gasteiger partial charge is 0.460 e. The van der Waals surface area contributed by atoms with Crippen LogP contribution in [0.3, 0.4) is 0 Å². The van der Waals surface area contributed by atoms with E-state index in [-0.39, 0.29) is 5.57 Å². The lowest BCUT2D eigenvalue weighted by Gasteiger charge is -2.31. The minimum absolute atomic E-state index is 0.143. The first-order valence-electron chi connectivity index (χ1n) is 7.73. The molecule has 1 aliphatic heterocycles. The number of cyclic esters (lactones) is 1. The average molecular weight is 326 g/mol. The van der Waals surface area contributed by atoms with Crippen LogP contribution in [0, 0.1) is 5.92 Å². The number of carbonyl (C=O) groups excluding carboxylic acids is 3. The van der Waals surface area contributed by atoms with Crippen molar-refractivity contribution in [2.45, 2.75) is 71.7 Å². The van der Waals surface area contributed by atoms with Crippen LogP contribution in [0.4, 0.5) is 0 Å². The molecule has 0 N–H and O–H groups in total. The summed E-state index contributed by atoms with van der Waals surface area (Å²) in [6.45, 7) is 13.7. The quantitative estimate of drug-likeness (QED) is 0.439. The maximum absolute atomic E-state index is 12.6. The van der Waals surface area contributed by atoms with Crippen molar-refractivity contribution in [3.63, 3.8) is 0 Å². The van der Waals surface area contributed by atoms with Gasteiger partial charge in [-0.05, 0) is 41.0 Å². The van der Waals surface area contributed by atoms with E-state index in [9.17, 15) is 14.4 Å². The summed E-state index contributed by atoms with van der Waals surface area (Å²) in [5, 5.41) is 0. The lowest BCUT2D eigenvalue weighted by Crippen LogP contribution is -2.45. The zero-order valence-corrected chi connectivity index (χ0v) is 14.7. The van der Waals surface area contributed by atoms with E-state index in [0.29, 0.717) is 12.8 Å². The first-order valence-corrected chi connectivity index (χ1v) is 7.73. The van der Waals surface area contributed by atoms with Crippen LogP contribution in [0.25, 0.3) is 0 Å². The predicted octanol–water partition coefficient (Wildman–Crippen LogP) is 2.55. The van der Waals surface area contributed by atoms with Gasteiger partial charge in [0.25, 0.3) is 0 Å². The molecule has 6 nitrogen and oxygen atoms in total. The first kappa shape index (κ1) is 19.2. The molecular weight excluding hydrogens is 300 g/mol. The molecule has 1 rings (SSSR count). The van der Waals surface area contributed by atoms with Gasteiger partial charge in [-0.1, -0.05) is 19.9 Å². The maximum Gasteiger partial charge on any atom is 0.349 e. The van der Waals surface area contributed by atoms with Crippen LogP contribution < -0.4 is 0 Å². The summed E-state index contributed by atoms with van der Waals surface area (Å²) in [5.74, 6) is -3.08. The van der Waals surface area contributed by atoms with Crippen molar-refractivity contribution in [3.05, 3.63) is 12.2 Å². The molecule has 0 spiro atoms. The molecule has 23 heavy (non-hydrogen) atoms. The van der Waals surface area contributed by atoms with Gasteiger partial charge in [0.15, 0.2) is 0 Å². The van der Waals surface area contributed by atoms with Gasteiger partial charge in [-0.15, -0.1) is 0 Å². The third-order valence-corrected chi connectivity index (χ3v) is 3.52. The Hall–Kier alpha value is -1.85. The van der Waals surface area contributed by atoms with Crippen molar-refractivity contribution >= 4 is 17.9 Å². The van der Waals surface area contributed by atoms with Crippen LogP contribution in [0.1, 0.15) is 54.4 Å². The Balaban J connectivity index is 3.15. The van der Waals surface area contributed by atoms with Crippen molar-refractivity contribution < 1.29 is 28.6 Å². The number of hydrogen-bond donors (Lipinski definition) is 0. The second-order valence-corrected chi connectivity index (χ2v) is 7.10. The molecule has 1 heterocycles. The molecule has 1 fully saturated rings. The SMILES string of the molecule is C=C(C)C(=O)OC1C(=O)OC(C)(CCC)C1C(=O)OC(C)(C)C. The fourth-order valence-electron chi connectivity index (χ4n) is 2.58. The van der Waals surface area contributed by atoms with Crippen LogP contribution in [-0.4, -0.2) is 35.2 Å². The van der Waals surface area contributed by atoms with Gasteiger partial charge in [0.1, 0.15) is 17.1 Å². The second-order valence-electron chi connectivity index (χ2n) is 7.10. The van der Waals surface area contributed by atoms with Crippen LogP contribution in [0.2, 0.25) is 0 Å². The van der Waals surface area contributed by atoms with Crippen LogP contribution in [-0.2, 0) is 28.6 Å². The summed E-state index contributed by atoms with van der Waals surface area (Å²) >= 11 is 0. The molecule has 6 heteroatoms. The monoisotopic (exact) mass is 326 g/mol. The average Bonchev–Trinajstić information content (AvgIpc) is 2.58. The highest BCUT2D eigenvalue weighted by Crippen LogP contribution is 2.40. The number of esters is 3. The van der Waals surface area contributed by atoms with Gasteiger partial charge in [0.2, 0.25) is 6.10 Å². The Kier molecular flexibility index (Phi) is 5.61. The molecular formula is C17H26O6. The van der Waals surface area contributed by atoms with Crippen molar-refractivity contribution in [1.82, 2.24) is 0 Å². The molecule has 0 bridgehead atoms. The highest BCUT2D eigenvalue weighted by molar-refractivity contribution is 5.93. The molecule has 0 aliphatic carbocycles. The minimum Gasteiger partial charge on any atom is -0.460 e. The molecule has 0 amide bonds. The Morgan fingerprint density at radius 2 is 1.91 bits per heavy atom. The molecule has 0 aromatic carbocycles. The highest BCUT2D eigenvalue weighted by atomic mass is 16.6. The summed E-state index contributed by atoms with van der Waals surface area (Å²) in [6.07, 6.45) is -0.154. The standard InChI is InChI=1S/C17H26O6/c1-8-9-17(7)11(14(19)22-16(4,5)6)12(15(20)23-17)21-13(18)10(2)3/h11-12H,2,8-9H2,1,3-7H3. The van der Waals surface area contributed by atoms with Gasteiger partial charge < -0.3 is 14.2 Å². The molecule has 0 aromatic rings. The van der Waals surface area contributed by atoms with Gasteiger partial charge in [-0.25, -0.2) is 9.59 Å². The molecule has 3 atom stereocenters. The maximum atomic E-state index is 12.6. The van der Waals surface area contributed by atoms with E-state index in [1.165, 1.54) is 6.92 Å². The fraction of sp³-hybridized carbons (Fsp3) is 0.706. The Labute approximate surface area is 137 Å². The summed E-state index contributed by atoms with van der Waals surface area (Å²) < 4.78 is 15.9. The van der Waals surface area contributed by atoms with Gasteiger partial charge in [0, 0.05) is 5.57 Å². The van der Waals surface area contributed by atoms with Crippen molar-refractivity contribution in [3.8, 4) is 0 Å². The lowest BCUT2D eigenvalue weighted by molar-refractivity contribution is -0.171. The van der Waals surface area contributed by atoms with E-state index < -0.39 is 41.1 Å². The lowest BCUT2D eigenvalue weighted by atomic mass is 9.83. The normalized spacial score (nSPS) is 27.3. The second kappa shape index (κ2) is 6.72. The number of hydrogen-bond acceptors (Lipinski definition) is 6. The van der Waals surface area contributed by atoms with E-state index in [1.807, 2.05) is 6.92 Å². The molecule has 0 saturated carbocycles. The van der Waals surface area contributed by atoms with Gasteiger partial charge in [-0.2, -0.15) is 0 Å². The highest BCUT2D eigenvalue weighted by Gasteiger charge is 2.59. The smallest absolute Gasteiger partial charge is 0.349 e. The Bertz CT molecular complexity index is 516. The molecule has 0 radical (unpaired) electrons. The summed E-state index contributed by atoms with van der Waals surface area (Å²) in [6, 6.07) is 0. The third kappa shape index (κ3) is 4.56. The van der Waals surface area contributed by atoms with Crippen molar-refractivity contribution in [1.29, 1.82) is 0 Å². The van der Waals surface area contributed by atoms with Gasteiger partial charge >= 0.3 is 17.9 Å². The zero-order valence-electron chi connectivity index (χ0n) is 14.7. The molecule has 130 valence electrons. The van der Waals surface area contributed by atoms with Gasteiger partial charge in [-0.3, -0.25) is 4.79 Å². The van der Waals surface area contributed by atoms with E-state index >= 15 is 0 Å². The van der Waals surface area contributed by atoms with E-state index in [1.54, 1.807) is 27.7 Å². The van der Waals surface area contributed by atoms with Crippen molar-refractivity contribution in [2.75, 3.05) is 0 Å². The number of rotatable bonds is 5. The Morgan fingerprint density at radius 3 is 2.35 bits per heavy atom. The zero-order chi connectivity index (χ0) is 18.0. The summed E-state index contributed by atoms with van der Waals surface area (Å²) in [7, 11) is 0. The van der Waals surface area contributed by atoms with E-state index in [2.05, 4.69) is 6.58 Å². The molecule has 1 saturated heterocycles. The van der Waals surface area contributed by atoms with Crippen molar-refractivity contribution in [2.24, 2.45) is 5.92 Å². The van der Waals surface area contributed by atoms with Crippen LogP contribution in [0.5, 0.6) is 0 Å². The first-order chi connectivity index (χ1) is 10.4. The topological polar surface area (TPSA) is 78.9 Å². The number of carbonyl (C=O) groups is 3. The summed E-state index contributed by atoms with van der Waals surface area (Å²) in [4.78, 5) is 36.5.